The third-order valence-electron chi connectivity index (χ3n) is 7.09. The highest BCUT2D eigenvalue weighted by Gasteiger charge is 2.40. The minimum Gasteiger partial charge on any atom is -0.353 e. The molecule has 0 radical (unpaired) electrons. The molecular weight excluding hydrogens is 342 g/mol. The maximum atomic E-state index is 12.9. The van der Waals surface area contributed by atoms with E-state index in [-0.39, 0.29) is 18.0 Å². The highest BCUT2D eigenvalue weighted by atomic mass is 16.2. The molecule has 0 aromatic carbocycles. The van der Waals surface area contributed by atoms with Gasteiger partial charge in [0, 0.05) is 19.1 Å². The van der Waals surface area contributed by atoms with Crippen molar-refractivity contribution in [2.75, 3.05) is 33.4 Å². The summed E-state index contributed by atoms with van der Waals surface area (Å²) in [6.45, 7) is 6.08. The fourth-order valence-corrected chi connectivity index (χ4v) is 5.32. The van der Waals surface area contributed by atoms with Gasteiger partial charge in [0.25, 0.3) is 0 Å². The Morgan fingerprint density at radius 2 is 2.19 bits per heavy atom. The first-order valence-electron chi connectivity index (χ1n) is 10.8. The Hall–Kier alpha value is -0.770. The maximum Gasteiger partial charge on any atom is 0.227 e. The number of carbonyl (C=O) groups is 1. The summed E-state index contributed by atoms with van der Waals surface area (Å²) in [6.07, 6.45) is 7.64. The molecule has 0 aromatic rings. The number of hydrazine groups is 2. The Bertz CT molecular complexity index is 518. The molecule has 1 amide bonds. The number of rotatable bonds is 5. The van der Waals surface area contributed by atoms with Crippen LogP contribution in [-0.2, 0) is 4.79 Å². The van der Waals surface area contributed by atoms with Crippen LogP contribution >= 0.6 is 0 Å². The average Bonchev–Trinajstić information content (AvgIpc) is 3.28. The van der Waals surface area contributed by atoms with Crippen LogP contribution in [0.1, 0.15) is 45.4 Å². The van der Waals surface area contributed by atoms with Gasteiger partial charge in [0.05, 0.1) is 24.9 Å². The van der Waals surface area contributed by atoms with Crippen LogP contribution in [0.3, 0.4) is 0 Å². The molecule has 4 aliphatic rings. The number of nitrogens with one attached hydrogen (secondary N) is 5. The van der Waals surface area contributed by atoms with E-state index in [4.69, 9.17) is 0 Å². The molecule has 3 heterocycles. The largest absolute Gasteiger partial charge is 0.353 e. The first kappa shape index (κ1) is 19.5. The van der Waals surface area contributed by atoms with Gasteiger partial charge in [-0.05, 0) is 51.1 Å². The summed E-state index contributed by atoms with van der Waals surface area (Å²) in [5, 5.41) is 9.11. The van der Waals surface area contributed by atoms with Gasteiger partial charge in [-0.15, -0.1) is 0 Å². The van der Waals surface area contributed by atoms with E-state index in [1.54, 1.807) is 0 Å². The van der Waals surface area contributed by atoms with Crippen molar-refractivity contribution >= 4 is 5.91 Å². The molecule has 8 nitrogen and oxygen atoms in total. The second-order valence-electron chi connectivity index (χ2n) is 9.01. The predicted molar refractivity (Wildman–Crippen MR) is 105 cm³/mol. The zero-order valence-electron chi connectivity index (χ0n) is 16.8. The summed E-state index contributed by atoms with van der Waals surface area (Å²) in [5.41, 5.74) is 9.98. The van der Waals surface area contributed by atoms with Gasteiger partial charge in [0.2, 0.25) is 5.91 Å². The molecule has 5 N–H and O–H groups in total. The second kappa shape index (κ2) is 8.71. The van der Waals surface area contributed by atoms with Crippen LogP contribution < -0.4 is 26.9 Å². The average molecular weight is 380 g/mol. The quantitative estimate of drug-likeness (QED) is 0.451. The molecule has 1 saturated carbocycles. The summed E-state index contributed by atoms with van der Waals surface area (Å²) < 4.78 is 0. The van der Waals surface area contributed by atoms with E-state index in [0.717, 1.165) is 52.0 Å². The first-order chi connectivity index (χ1) is 13.1. The van der Waals surface area contributed by atoms with Crippen molar-refractivity contribution in [1.82, 2.24) is 36.8 Å². The van der Waals surface area contributed by atoms with Crippen LogP contribution in [0.25, 0.3) is 0 Å². The monoisotopic (exact) mass is 379 g/mol. The summed E-state index contributed by atoms with van der Waals surface area (Å²) in [7, 11) is 2.16. The Morgan fingerprint density at radius 3 is 3.00 bits per heavy atom. The Kier molecular flexibility index (Phi) is 6.31. The normalized spacial score (nSPS) is 39.3. The van der Waals surface area contributed by atoms with Crippen LogP contribution in [0.15, 0.2) is 0 Å². The lowest BCUT2D eigenvalue weighted by Gasteiger charge is -2.36. The molecule has 4 rings (SSSR count). The molecule has 27 heavy (non-hydrogen) atoms. The molecule has 0 aromatic heterocycles. The molecule has 0 spiro atoms. The molecular formula is C19H37N7O. The van der Waals surface area contributed by atoms with E-state index >= 15 is 0 Å². The lowest BCUT2D eigenvalue weighted by Crippen LogP contribution is -2.55. The number of hydrogen-bond donors (Lipinski definition) is 5. The van der Waals surface area contributed by atoms with E-state index in [9.17, 15) is 4.79 Å². The molecule has 1 aliphatic carbocycles. The van der Waals surface area contributed by atoms with Crippen molar-refractivity contribution in [3.05, 3.63) is 0 Å². The number of nitrogens with zero attached hydrogens (tertiary/aromatic N) is 2. The van der Waals surface area contributed by atoms with Gasteiger partial charge in [-0.1, -0.05) is 19.8 Å². The highest BCUT2D eigenvalue weighted by Crippen LogP contribution is 2.33. The Labute approximate surface area is 163 Å². The molecule has 3 saturated heterocycles. The minimum atomic E-state index is 0.0190. The SMILES string of the molecule is C[C@H](CC1NNCN1C)C1CCCC(NC(=O)C2CNN3CCCNC23)C1. The van der Waals surface area contributed by atoms with Crippen LogP contribution in [0.4, 0.5) is 0 Å². The molecule has 4 fully saturated rings. The predicted octanol–water partition coefficient (Wildman–Crippen LogP) is -0.233. The van der Waals surface area contributed by atoms with E-state index in [1.165, 1.54) is 12.8 Å². The van der Waals surface area contributed by atoms with Gasteiger partial charge >= 0.3 is 0 Å². The number of amides is 1. The van der Waals surface area contributed by atoms with E-state index < -0.39 is 0 Å². The lowest BCUT2D eigenvalue weighted by molar-refractivity contribution is -0.127. The Morgan fingerprint density at radius 1 is 1.30 bits per heavy atom. The summed E-state index contributed by atoms with van der Waals surface area (Å²) >= 11 is 0. The van der Waals surface area contributed by atoms with Crippen LogP contribution in [-0.4, -0.2) is 67.5 Å². The van der Waals surface area contributed by atoms with Gasteiger partial charge in [-0.25, -0.2) is 15.9 Å². The molecule has 154 valence electrons. The molecule has 5 unspecified atom stereocenters. The van der Waals surface area contributed by atoms with E-state index in [2.05, 4.69) is 50.8 Å². The molecule has 0 bridgehead atoms. The van der Waals surface area contributed by atoms with Crippen molar-refractivity contribution in [1.29, 1.82) is 0 Å². The van der Waals surface area contributed by atoms with Gasteiger partial charge < -0.3 is 5.32 Å². The van der Waals surface area contributed by atoms with Gasteiger partial charge in [0.1, 0.15) is 0 Å². The number of carbonyl (C=O) groups excluding carboxylic acids is 1. The van der Waals surface area contributed by atoms with Crippen molar-refractivity contribution < 1.29 is 4.79 Å². The molecule has 6 atom stereocenters. The van der Waals surface area contributed by atoms with Gasteiger partial charge in [-0.3, -0.25) is 20.4 Å². The highest BCUT2D eigenvalue weighted by molar-refractivity contribution is 5.80. The zero-order chi connectivity index (χ0) is 18.8. The second-order valence-corrected chi connectivity index (χ2v) is 9.01. The van der Waals surface area contributed by atoms with E-state index in [0.29, 0.717) is 24.0 Å². The summed E-state index contributed by atoms with van der Waals surface area (Å²) in [6, 6.07) is 0.337. The minimum absolute atomic E-state index is 0.0190. The van der Waals surface area contributed by atoms with Crippen LogP contribution in [0.5, 0.6) is 0 Å². The fourth-order valence-electron chi connectivity index (χ4n) is 5.32. The number of fused-ring (bicyclic) bond motifs is 1. The molecule has 8 heteroatoms. The third-order valence-corrected chi connectivity index (χ3v) is 7.09. The Balaban J connectivity index is 1.27. The lowest BCUT2D eigenvalue weighted by atomic mass is 9.77. The zero-order valence-corrected chi connectivity index (χ0v) is 16.8. The van der Waals surface area contributed by atoms with Crippen molar-refractivity contribution in [3.63, 3.8) is 0 Å². The van der Waals surface area contributed by atoms with Crippen molar-refractivity contribution in [2.45, 2.75) is 63.8 Å². The van der Waals surface area contributed by atoms with Crippen LogP contribution in [0.2, 0.25) is 0 Å². The van der Waals surface area contributed by atoms with Crippen LogP contribution in [0, 0.1) is 17.8 Å². The summed E-state index contributed by atoms with van der Waals surface area (Å²) in [5.74, 6) is 1.61. The fraction of sp³-hybridized carbons (Fsp3) is 0.947. The van der Waals surface area contributed by atoms with Crippen molar-refractivity contribution in [3.8, 4) is 0 Å². The summed E-state index contributed by atoms with van der Waals surface area (Å²) in [4.78, 5) is 15.3. The number of hydrogen-bond acceptors (Lipinski definition) is 7. The van der Waals surface area contributed by atoms with Gasteiger partial charge in [0.15, 0.2) is 0 Å². The first-order valence-corrected chi connectivity index (χ1v) is 10.8. The third kappa shape index (κ3) is 4.46. The maximum absolute atomic E-state index is 12.9. The standard InChI is InChI=1S/C19H37N7O/c1-13(9-17-24-21-12-25(17)2)14-5-3-6-15(10-14)23-19(27)16-11-22-26-8-4-7-20-18(16)26/h13-18,20-22,24H,3-12H2,1-2H3,(H,23,27)/t13-,14?,15?,16?,17?,18?/m1/s1. The topological polar surface area (TPSA) is 83.7 Å². The van der Waals surface area contributed by atoms with Gasteiger partial charge in [-0.2, -0.15) is 0 Å². The molecule has 3 aliphatic heterocycles. The van der Waals surface area contributed by atoms with Crippen molar-refractivity contribution in [2.24, 2.45) is 17.8 Å². The smallest absolute Gasteiger partial charge is 0.227 e. The van der Waals surface area contributed by atoms with E-state index in [1.807, 2.05) is 0 Å².